The van der Waals surface area contributed by atoms with Crippen LogP contribution in [0.15, 0.2) is 54.6 Å². The van der Waals surface area contributed by atoms with Gasteiger partial charge in [-0.05, 0) is 23.6 Å². The molecule has 128 valence electrons. The van der Waals surface area contributed by atoms with E-state index in [1.54, 1.807) is 14.0 Å². The van der Waals surface area contributed by atoms with Gasteiger partial charge in [0, 0.05) is 13.7 Å². The SMILES string of the molecule is COCc1cccc(CNC(=O)NC[C@](C)(O)c2ccccc2)c1. The molecule has 2 aromatic rings. The lowest BCUT2D eigenvalue weighted by molar-refractivity contribution is 0.0594. The molecule has 0 heterocycles. The average Bonchev–Trinajstić information content (AvgIpc) is 2.60. The predicted molar refractivity (Wildman–Crippen MR) is 93.4 cm³/mol. The van der Waals surface area contributed by atoms with Crippen molar-refractivity contribution >= 4 is 6.03 Å². The Morgan fingerprint density at radius 3 is 2.50 bits per heavy atom. The zero-order valence-electron chi connectivity index (χ0n) is 14.1. The van der Waals surface area contributed by atoms with Gasteiger partial charge in [0.15, 0.2) is 0 Å². The van der Waals surface area contributed by atoms with Gasteiger partial charge in [-0.15, -0.1) is 0 Å². The van der Waals surface area contributed by atoms with E-state index < -0.39 is 5.60 Å². The molecule has 0 aliphatic rings. The van der Waals surface area contributed by atoms with Crippen molar-refractivity contribution in [3.05, 3.63) is 71.3 Å². The van der Waals surface area contributed by atoms with Crippen molar-refractivity contribution in [3.63, 3.8) is 0 Å². The number of carbonyl (C=O) groups is 1. The van der Waals surface area contributed by atoms with E-state index in [1.807, 2.05) is 54.6 Å². The Labute approximate surface area is 142 Å². The van der Waals surface area contributed by atoms with Crippen LogP contribution in [0.25, 0.3) is 0 Å². The van der Waals surface area contributed by atoms with Crippen LogP contribution in [0.2, 0.25) is 0 Å². The number of ether oxygens (including phenoxy) is 1. The van der Waals surface area contributed by atoms with Gasteiger partial charge in [0.05, 0.1) is 13.2 Å². The summed E-state index contributed by atoms with van der Waals surface area (Å²) >= 11 is 0. The van der Waals surface area contributed by atoms with E-state index in [2.05, 4.69) is 10.6 Å². The number of methoxy groups -OCH3 is 1. The summed E-state index contributed by atoms with van der Waals surface area (Å²) in [5.41, 5.74) is 1.70. The van der Waals surface area contributed by atoms with Crippen LogP contribution in [-0.2, 0) is 23.5 Å². The molecular formula is C19H24N2O3. The van der Waals surface area contributed by atoms with Crippen LogP contribution in [-0.4, -0.2) is 24.8 Å². The molecule has 0 spiro atoms. The number of benzene rings is 2. The van der Waals surface area contributed by atoms with E-state index in [0.29, 0.717) is 13.2 Å². The molecule has 0 saturated heterocycles. The average molecular weight is 328 g/mol. The lowest BCUT2D eigenvalue weighted by atomic mass is 9.96. The third-order valence-corrected chi connectivity index (χ3v) is 3.74. The molecule has 0 aromatic heterocycles. The summed E-state index contributed by atoms with van der Waals surface area (Å²) in [6.45, 7) is 2.76. The topological polar surface area (TPSA) is 70.6 Å². The van der Waals surface area contributed by atoms with E-state index >= 15 is 0 Å². The second kappa shape index (κ2) is 8.47. The highest BCUT2D eigenvalue weighted by Gasteiger charge is 2.23. The van der Waals surface area contributed by atoms with Crippen molar-refractivity contribution in [3.8, 4) is 0 Å². The van der Waals surface area contributed by atoms with Crippen LogP contribution < -0.4 is 10.6 Å². The molecule has 0 radical (unpaired) electrons. The van der Waals surface area contributed by atoms with Gasteiger partial charge in [0.2, 0.25) is 0 Å². The highest BCUT2D eigenvalue weighted by Crippen LogP contribution is 2.18. The van der Waals surface area contributed by atoms with Crippen LogP contribution in [0, 0.1) is 0 Å². The third kappa shape index (κ3) is 5.37. The smallest absolute Gasteiger partial charge is 0.315 e. The van der Waals surface area contributed by atoms with Crippen molar-refractivity contribution in [1.82, 2.24) is 10.6 Å². The van der Waals surface area contributed by atoms with Crippen LogP contribution >= 0.6 is 0 Å². The highest BCUT2D eigenvalue weighted by molar-refractivity contribution is 5.73. The number of hydrogen-bond donors (Lipinski definition) is 3. The maximum Gasteiger partial charge on any atom is 0.315 e. The molecule has 2 rings (SSSR count). The Morgan fingerprint density at radius 1 is 1.08 bits per heavy atom. The first-order chi connectivity index (χ1) is 11.5. The van der Waals surface area contributed by atoms with E-state index in [0.717, 1.165) is 16.7 Å². The van der Waals surface area contributed by atoms with Gasteiger partial charge in [-0.3, -0.25) is 0 Å². The Bertz CT molecular complexity index is 657. The maximum atomic E-state index is 11.9. The number of urea groups is 1. The zero-order chi connectivity index (χ0) is 17.4. The molecule has 0 aliphatic carbocycles. The summed E-state index contributed by atoms with van der Waals surface area (Å²) in [6, 6.07) is 16.8. The molecule has 2 aromatic carbocycles. The molecule has 0 unspecified atom stereocenters. The van der Waals surface area contributed by atoms with Gasteiger partial charge in [-0.2, -0.15) is 0 Å². The van der Waals surface area contributed by atoms with Gasteiger partial charge >= 0.3 is 6.03 Å². The Morgan fingerprint density at radius 2 is 1.79 bits per heavy atom. The van der Waals surface area contributed by atoms with E-state index in [9.17, 15) is 9.90 Å². The summed E-state index contributed by atoms with van der Waals surface area (Å²) in [7, 11) is 1.65. The largest absolute Gasteiger partial charge is 0.384 e. The molecular weight excluding hydrogens is 304 g/mol. The fourth-order valence-corrected chi connectivity index (χ4v) is 2.39. The third-order valence-electron chi connectivity index (χ3n) is 3.74. The minimum Gasteiger partial charge on any atom is -0.384 e. The molecule has 5 heteroatoms. The van der Waals surface area contributed by atoms with Crippen LogP contribution in [0.4, 0.5) is 4.79 Å². The zero-order valence-corrected chi connectivity index (χ0v) is 14.1. The van der Waals surface area contributed by atoms with Crippen molar-refractivity contribution in [2.45, 2.75) is 25.7 Å². The second-order valence-corrected chi connectivity index (χ2v) is 5.93. The minimum absolute atomic E-state index is 0.132. The van der Waals surface area contributed by atoms with E-state index in [4.69, 9.17) is 4.74 Å². The van der Waals surface area contributed by atoms with Crippen molar-refractivity contribution in [1.29, 1.82) is 0 Å². The van der Waals surface area contributed by atoms with Crippen LogP contribution in [0.3, 0.4) is 0 Å². The molecule has 0 fully saturated rings. The fraction of sp³-hybridized carbons (Fsp3) is 0.316. The lowest BCUT2D eigenvalue weighted by Crippen LogP contribution is -2.43. The minimum atomic E-state index is -1.11. The number of carbonyl (C=O) groups excluding carboxylic acids is 1. The first-order valence-electron chi connectivity index (χ1n) is 7.87. The normalized spacial score (nSPS) is 13.1. The van der Waals surface area contributed by atoms with Crippen LogP contribution in [0.1, 0.15) is 23.6 Å². The monoisotopic (exact) mass is 328 g/mol. The molecule has 5 nitrogen and oxygen atoms in total. The standard InChI is InChI=1S/C19H24N2O3/c1-19(23,17-9-4-3-5-10-17)14-21-18(22)20-12-15-7-6-8-16(11-15)13-24-2/h3-11,23H,12-14H2,1-2H3,(H2,20,21,22)/t19-/m0/s1. The number of rotatable bonds is 7. The molecule has 2 amide bonds. The molecule has 3 N–H and O–H groups in total. The first-order valence-corrected chi connectivity index (χ1v) is 7.87. The molecule has 0 bridgehead atoms. The number of aliphatic hydroxyl groups is 1. The Hall–Kier alpha value is -2.37. The van der Waals surface area contributed by atoms with Gasteiger partial charge in [-0.25, -0.2) is 4.79 Å². The maximum absolute atomic E-state index is 11.9. The number of nitrogens with one attached hydrogen (secondary N) is 2. The second-order valence-electron chi connectivity index (χ2n) is 5.93. The summed E-state index contributed by atoms with van der Waals surface area (Å²) in [4.78, 5) is 11.9. The van der Waals surface area contributed by atoms with Crippen LogP contribution in [0.5, 0.6) is 0 Å². The molecule has 24 heavy (non-hydrogen) atoms. The first kappa shape index (κ1) is 18.0. The molecule has 1 atom stereocenters. The molecule has 0 saturated carbocycles. The molecule has 0 aliphatic heterocycles. The quantitative estimate of drug-likeness (QED) is 0.731. The number of amides is 2. The number of hydrogen-bond acceptors (Lipinski definition) is 3. The Balaban J connectivity index is 1.82. The van der Waals surface area contributed by atoms with Gasteiger partial charge in [0.1, 0.15) is 5.60 Å². The van der Waals surface area contributed by atoms with E-state index in [-0.39, 0.29) is 12.6 Å². The highest BCUT2D eigenvalue weighted by atomic mass is 16.5. The summed E-state index contributed by atoms with van der Waals surface area (Å²) < 4.78 is 5.10. The van der Waals surface area contributed by atoms with Crippen molar-refractivity contribution < 1.29 is 14.6 Å². The predicted octanol–water partition coefficient (Wildman–Crippen LogP) is 2.54. The Kier molecular flexibility index (Phi) is 6.35. The van der Waals surface area contributed by atoms with Gasteiger partial charge in [-0.1, -0.05) is 54.6 Å². The fourth-order valence-electron chi connectivity index (χ4n) is 2.39. The summed E-state index contributed by atoms with van der Waals surface area (Å²) in [5.74, 6) is 0. The van der Waals surface area contributed by atoms with E-state index in [1.165, 1.54) is 0 Å². The van der Waals surface area contributed by atoms with Gasteiger partial charge < -0.3 is 20.5 Å². The summed E-state index contributed by atoms with van der Waals surface area (Å²) in [6.07, 6.45) is 0. The summed E-state index contributed by atoms with van der Waals surface area (Å²) in [5, 5.41) is 16.0. The lowest BCUT2D eigenvalue weighted by Gasteiger charge is -2.24. The van der Waals surface area contributed by atoms with Gasteiger partial charge in [0.25, 0.3) is 0 Å². The van der Waals surface area contributed by atoms with Crippen molar-refractivity contribution in [2.24, 2.45) is 0 Å². The van der Waals surface area contributed by atoms with Crippen molar-refractivity contribution in [2.75, 3.05) is 13.7 Å².